The van der Waals surface area contributed by atoms with Gasteiger partial charge in [-0.15, -0.1) is 0 Å². The maximum Gasteiger partial charge on any atom is 0.147 e. The summed E-state index contributed by atoms with van der Waals surface area (Å²) >= 11 is 0. The van der Waals surface area contributed by atoms with Crippen molar-refractivity contribution in [2.75, 3.05) is 0 Å². The fourth-order valence-corrected chi connectivity index (χ4v) is 1.84. The third-order valence-electron chi connectivity index (χ3n) is 2.51. The Morgan fingerprint density at radius 3 is 2.93 bits per heavy atom. The van der Waals surface area contributed by atoms with E-state index in [-0.39, 0.29) is 5.82 Å². The number of aryl methyl sites for hydroxylation is 1. The highest BCUT2D eigenvalue weighted by molar-refractivity contribution is 5.84. The third kappa shape index (κ3) is 1.62. The first-order valence-electron chi connectivity index (χ1n) is 4.85. The van der Waals surface area contributed by atoms with Crippen LogP contribution < -0.4 is 5.90 Å². The summed E-state index contributed by atoms with van der Waals surface area (Å²) in [7, 11) is 0. The first-order valence-corrected chi connectivity index (χ1v) is 4.85. The van der Waals surface area contributed by atoms with Crippen molar-refractivity contribution in [1.82, 2.24) is 4.57 Å². The Bertz CT molecular complexity index is 479. The lowest BCUT2D eigenvalue weighted by Crippen LogP contribution is -1.98. The maximum absolute atomic E-state index is 13.6. The van der Waals surface area contributed by atoms with Crippen LogP contribution in [0.2, 0.25) is 0 Å². The van der Waals surface area contributed by atoms with Crippen LogP contribution in [0.3, 0.4) is 0 Å². The molecule has 4 heteroatoms. The minimum atomic E-state index is -0.211. The molecule has 0 atom stereocenters. The average molecular weight is 208 g/mol. The van der Waals surface area contributed by atoms with E-state index >= 15 is 0 Å². The molecule has 0 bridgehead atoms. The Balaban J connectivity index is 2.69. The second kappa shape index (κ2) is 4.00. The minimum Gasteiger partial charge on any atom is -0.345 e. The van der Waals surface area contributed by atoms with Crippen molar-refractivity contribution < 1.29 is 9.23 Å². The predicted molar refractivity (Wildman–Crippen MR) is 56.5 cm³/mol. The van der Waals surface area contributed by atoms with Crippen LogP contribution in [0.25, 0.3) is 10.9 Å². The summed E-state index contributed by atoms with van der Waals surface area (Å²) < 4.78 is 15.5. The average Bonchev–Trinajstić information content (AvgIpc) is 2.59. The fraction of sp³-hybridized carbons (Fsp3) is 0.273. The summed E-state index contributed by atoms with van der Waals surface area (Å²) in [6, 6.07) is 5.03. The summed E-state index contributed by atoms with van der Waals surface area (Å²) in [5.74, 6) is 4.83. The molecule has 1 aromatic heterocycles. The second-order valence-corrected chi connectivity index (χ2v) is 3.39. The molecule has 2 aromatic rings. The Morgan fingerprint density at radius 2 is 2.27 bits per heavy atom. The van der Waals surface area contributed by atoms with Crippen LogP contribution in [0, 0.1) is 5.82 Å². The summed E-state index contributed by atoms with van der Waals surface area (Å²) in [6.45, 7) is 2.99. The molecule has 80 valence electrons. The lowest BCUT2D eigenvalue weighted by atomic mass is 10.2. The van der Waals surface area contributed by atoms with E-state index in [0.717, 1.165) is 17.5 Å². The van der Waals surface area contributed by atoms with E-state index in [1.165, 1.54) is 6.07 Å². The van der Waals surface area contributed by atoms with Crippen LogP contribution in [0.15, 0.2) is 24.4 Å². The lowest BCUT2D eigenvalue weighted by molar-refractivity contribution is 0.125. The number of fused-ring (bicyclic) bond motifs is 1. The highest BCUT2D eigenvalue weighted by Gasteiger charge is 2.10. The fourth-order valence-electron chi connectivity index (χ4n) is 1.84. The van der Waals surface area contributed by atoms with Gasteiger partial charge in [-0.2, -0.15) is 0 Å². The van der Waals surface area contributed by atoms with Crippen molar-refractivity contribution in [1.29, 1.82) is 0 Å². The van der Waals surface area contributed by atoms with E-state index < -0.39 is 0 Å². The van der Waals surface area contributed by atoms with E-state index in [0.29, 0.717) is 12.1 Å². The van der Waals surface area contributed by atoms with E-state index in [9.17, 15) is 4.39 Å². The number of hydrogen-bond donors (Lipinski definition) is 1. The van der Waals surface area contributed by atoms with Crippen molar-refractivity contribution >= 4 is 10.9 Å². The minimum absolute atomic E-state index is 0.211. The zero-order valence-corrected chi connectivity index (χ0v) is 8.53. The molecule has 15 heavy (non-hydrogen) atoms. The molecule has 0 aliphatic carbocycles. The van der Waals surface area contributed by atoms with Crippen LogP contribution in [-0.2, 0) is 18.0 Å². The molecular weight excluding hydrogens is 195 g/mol. The van der Waals surface area contributed by atoms with E-state index in [4.69, 9.17) is 5.90 Å². The molecule has 0 saturated carbocycles. The van der Waals surface area contributed by atoms with Crippen molar-refractivity contribution in [3.63, 3.8) is 0 Å². The van der Waals surface area contributed by atoms with Gasteiger partial charge in [-0.1, -0.05) is 12.1 Å². The quantitative estimate of drug-likeness (QED) is 0.785. The van der Waals surface area contributed by atoms with Gasteiger partial charge in [0.2, 0.25) is 0 Å². The van der Waals surface area contributed by atoms with Crippen molar-refractivity contribution in [3.05, 3.63) is 35.8 Å². The van der Waals surface area contributed by atoms with Gasteiger partial charge in [0.1, 0.15) is 5.82 Å². The molecule has 0 spiro atoms. The molecule has 0 saturated heterocycles. The van der Waals surface area contributed by atoms with E-state index in [2.05, 4.69) is 4.84 Å². The molecule has 0 amide bonds. The molecule has 1 heterocycles. The molecule has 0 fully saturated rings. The number of rotatable bonds is 3. The smallest absolute Gasteiger partial charge is 0.147 e. The molecule has 0 aliphatic heterocycles. The topological polar surface area (TPSA) is 40.2 Å². The van der Waals surface area contributed by atoms with Crippen LogP contribution in [-0.4, -0.2) is 4.57 Å². The normalized spacial score (nSPS) is 11.1. The maximum atomic E-state index is 13.6. The number of hydrogen-bond acceptors (Lipinski definition) is 2. The monoisotopic (exact) mass is 208 g/mol. The summed E-state index contributed by atoms with van der Waals surface area (Å²) in [5.41, 5.74) is 1.53. The Hall–Kier alpha value is -1.39. The zero-order valence-electron chi connectivity index (χ0n) is 8.53. The van der Waals surface area contributed by atoms with Gasteiger partial charge in [-0.05, 0) is 13.0 Å². The molecular formula is C11H13FN2O. The SMILES string of the molecule is CCn1cc(CON)c2cccc(F)c21. The number of aromatic nitrogens is 1. The van der Waals surface area contributed by atoms with Crippen molar-refractivity contribution in [2.45, 2.75) is 20.1 Å². The lowest BCUT2D eigenvalue weighted by Gasteiger charge is -2.00. The van der Waals surface area contributed by atoms with Gasteiger partial charge in [0, 0.05) is 23.7 Å². The zero-order chi connectivity index (χ0) is 10.8. The third-order valence-corrected chi connectivity index (χ3v) is 2.51. The van der Waals surface area contributed by atoms with E-state index in [1.807, 2.05) is 23.8 Å². The number of para-hydroxylation sites is 1. The second-order valence-electron chi connectivity index (χ2n) is 3.39. The largest absolute Gasteiger partial charge is 0.345 e. The standard InChI is InChI=1S/C11H13FN2O/c1-2-14-6-8(7-15-13)9-4-3-5-10(12)11(9)14/h3-6H,2,7,13H2,1H3. The van der Waals surface area contributed by atoms with Crippen LogP contribution >= 0.6 is 0 Å². The highest BCUT2D eigenvalue weighted by Crippen LogP contribution is 2.24. The van der Waals surface area contributed by atoms with Gasteiger partial charge in [-0.25, -0.2) is 10.3 Å². The number of nitrogens with zero attached hydrogens (tertiary/aromatic N) is 1. The molecule has 3 nitrogen and oxygen atoms in total. The molecule has 2 rings (SSSR count). The molecule has 0 unspecified atom stereocenters. The highest BCUT2D eigenvalue weighted by atomic mass is 19.1. The van der Waals surface area contributed by atoms with Crippen LogP contribution in [0.5, 0.6) is 0 Å². The summed E-state index contributed by atoms with van der Waals surface area (Å²) in [6.07, 6.45) is 1.88. The number of halogens is 1. The van der Waals surface area contributed by atoms with Gasteiger partial charge in [0.15, 0.2) is 0 Å². The Morgan fingerprint density at radius 1 is 1.47 bits per heavy atom. The van der Waals surface area contributed by atoms with Crippen molar-refractivity contribution in [3.8, 4) is 0 Å². The van der Waals surface area contributed by atoms with Gasteiger partial charge >= 0.3 is 0 Å². The van der Waals surface area contributed by atoms with Crippen LogP contribution in [0.1, 0.15) is 12.5 Å². The molecule has 1 aromatic carbocycles. The summed E-state index contributed by atoms with van der Waals surface area (Å²) in [4.78, 5) is 4.60. The van der Waals surface area contributed by atoms with Gasteiger partial charge in [-0.3, -0.25) is 4.84 Å². The van der Waals surface area contributed by atoms with Crippen molar-refractivity contribution in [2.24, 2.45) is 5.90 Å². The van der Waals surface area contributed by atoms with Gasteiger partial charge in [0.05, 0.1) is 12.1 Å². The number of benzene rings is 1. The van der Waals surface area contributed by atoms with Gasteiger partial charge in [0.25, 0.3) is 0 Å². The molecule has 2 N–H and O–H groups in total. The molecule has 0 aliphatic rings. The van der Waals surface area contributed by atoms with Gasteiger partial charge < -0.3 is 4.57 Å². The first-order chi connectivity index (χ1) is 7.27. The van der Waals surface area contributed by atoms with E-state index in [1.54, 1.807) is 6.07 Å². The Labute approximate surface area is 87.2 Å². The first kappa shape index (κ1) is 10.1. The predicted octanol–water partition coefficient (Wildman–Crippen LogP) is 2.19. The number of nitrogens with two attached hydrogens (primary N) is 1. The van der Waals surface area contributed by atoms with Crippen LogP contribution in [0.4, 0.5) is 4.39 Å². The molecule has 0 radical (unpaired) electrons. The summed E-state index contributed by atoms with van der Waals surface area (Å²) in [5, 5.41) is 0.863. The Kier molecular flexibility index (Phi) is 2.70.